The van der Waals surface area contributed by atoms with Gasteiger partial charge in [0.2, 0.25) is 6.79 Å². The van der Waals surface area contributed by atoms with Gasteiger partial charge in [0, 0.05) is 42.1 Å². The minimum absolute atomic E-state index is 0.170. The Balaban J connectivity index is 1.07. The van der Waals surface area contributed by atoms with Crippen LogP contribution in [0.5, 0.6) is 11.5 Å². The highest BCUT2D eigenvalue weighted by Crippen LogP contribution is 2.43. The third-order valence-corrected chi connectivity index (χ3v) is 9.98. The predicted octanol–water partition coefficient (Wildman–Crippen LogP) is 2.94. The Morgan fingerprint density at radius 1 is 1.19 bits per heavy atom. The summed E-state index contributed by atoms with van der Waals surface area (Å²) in [5.41, 5.74) is 7.41. The van der Waals surface area contributed by atoms with E-state index in [0.717, 1.165) is 40.3 Å². The van der Waals surface area contributed by atoms with Crippen molar-refractivity contribution in [3.05, 3.63) is 22.9 Å². The van der Waals surface area contributed by atoms with E-state index < -0.39 is 18.2 Å². The maximum absolute atomic E-state index is 13.1. The second-order valence-corrected chi connectivity index (χ2v) is 12.8. The van der Waals surface area contributed by atoms with Crippen LogP contribution in [0.15, 0.2) is 33.0 Å². The van der Waals surface area contributed by atoms with Gasteiger partial charge in [0.15, 0.2) is 45.8 Å². The summed E-state index contributed by atoms with van der Waals surface area (Å²) in [7, 11) is 1.93. The van der Waals surface area contributed by atoms with Gasteiger partial charge in [0.05, 0.1) is 6.61 Å². The van der Waals surface area contributed by atoms with Crippen molar-refractivity contribution in [3.8, 4) is 11.5 Å². The first-order chi connectivity index (χ1) is 20.8. The van der Waals surface area contributed by atoms with Crippen LogP contribution in [0.1, 0.15) is 26.2 Å². The summed E-state index contributed by atoms with van der Waals surface area (Å²) in [4.78, 5) is 43.8. The Kier molecular flexibility index (Phi) is 8.93. The van der Waals surface area contributed by atoms with Gasteiger partial charge < -0.3 is 39.0 Å². The zero-order valence-electron chi connectivity index (χ0n) is 24.0. The van der Waals surface area contributed by atoms with Crippen LogP contribution in [-0.4, -0.2) is 100 Å². The van der Waals surface area contributed by atoms with Crippen LogP contribution < -0.4 is 15.2 Å². The number of rotatable bonds is 8. The molecule has 2 atom stereocenters. The lowest BCUT2D eigenvalue weighted by atomic mass is 9.93. The highest BCUT2D eigenvalue weighted by Gasteiger charge is 2.32. The Labute approximate surface area is 261 Å². The summed E-state index contributed by atoms with van der Waals surface area (Å²) >= 11 is 5.13. The first-order valence-corrected chi connectivity index (χ1v) is 15.9. The number of likely N-dealkylation sites (N-methyl/N-ethyl adjacent to an activating group) is 1. The lowest BCUT2D eigenvalue weighted by Gasteiger charge is -2.34. The van der Waals surface area contributed by atoms with E-state index in [2.05, 4.69) is 30.5 Å². The fourth-order valence-corrected chi connectivity index (χ4v) is 7.03. The van der Waals surface area contributed by atoms with Crippen LogP contribution in [0.3, 0.4) is 0 Å². The number of imidazole rings is 1. The SMILES string of the molecule is CC(OC(=O)[C@@H]1CN(C)CCO1)C(=O)N1CCC(CCn2c(Sc3cc4c(cc3Br)OCO4)nc3c(N)ncnc32)CC1. The zero-order chi connectivity index (χ0) is 30.1. The van der Waals surface area contributed by atoms with Crippen molar-refractivity contribution >= 4 is 56.6 Å². The molecule has 5 heterocycles. The molecule has 3 aliphatic rings. The van der Waals surface area contributed by atoms with Crippen LogP contribution in [0, 0.1) is 5.92 Å². The van der Waals surface area contributed by atoms with E-state index >= 15 is 0 Å². The molecule has 1 aromatic carbocycles. The normalized spacial score (nSPS) is 20.0. The molecule has 0 spiro atoms. The number of carbonyl (C=O) groups excluding carboxylic acids is 2. The molecule has 13 nitrogen and oxygen atoms in total. The van der Waals surface area contributed by atoms with Crippen LogP contribution >= 0.6 is 27.7 Å². The number of fused-ring (bicyclic) bond motifs is 2. The second kappa shape index (κ2) is 12.8. The summed E-state index contributed by atoms with van der Waals surface area (Å²) in [6.45, 7) is 5.43. The molecule has 1 amide bonds. The van der Waals surface area contributed by atoms with Crippen LogP contribution in [0.2, 0.25) is 0 Å². The number of morpholine rings is 1. The molecule has 43 heavy (non-hydrogen) atoms. The largest absolute Gasteiger partial charge is 0.454 e. The summed E-state index contributed by atoms with van der Waals surface area (Å²) in [6.07, 6.45) is 2.53. The van der Waals surface area contributed by atoms with E-state index in [1.165, 1.54) is 18.1 Å². The quantitative estimate of drug-likeness (QED) is 0.350. The molecule has 2 aromatic heterocycles. The summed E-state index contributed by atoms with van der Waals surface area (Å²) in [6, 6.07) is 3.83. The third kappa shape index (κ3) is 6.54. The Bertz CT molecular complexity index is 1510. The fourth-order valence-electron chi connectivity index (χ4n) is 5.52. The van der Waals surface area contributed by atoms with Crippen LogP contribution in [0.25, 0.3) is 11.2 Å². The number of nitrogen functional groups attached to an aromatic ring is 1. The molecule has 2 saturated heterocycles. The molecule has 1 unspecified atom stereocenters. The maximum atomic E-state index is 13.1. The third-order valence-electron chi connectivity index (χ3n) is 8.01. The first kappa shape index (κ1) is 29.9. The van der Waals surface area contributed by atoms with Gasteiger partial charge in [0.25, 0.3) is 5.91 Å². The van der Waals surface area contributed by atoms with Gasteiger partial charge in [-0.05, 0) is 67.2 Å². The summed E-state index contributed by atoms with van der Waals surface area (Å²) < 4.78 is 25.0. The number of aromatic nitrogens is 4. The van der Waals surface area contributed by atoms with E-state index in [9.17, 15) is 9.59 Å². The van der Waals surface area contributed by atoms with Crippen LogP contribution in [0.4, 0.5) is 5.82 Å². The van der Waals surface area contributed by atoms with E-state index in [0.29, 0.717) is 67.2 Å². The Morgan fingerprint density at radius 2 is 1.95 bits per heavy atom. The lowest BCUT2D eigenvalue weighted by Crippen LogP contribution is -2.48. The second-order valence-electron chi connectivity index (χ2n) is 11.0. The van der Waals surface area contributed by atoms with E-state index in [1.54, 1.807) is 11.8 Å². The number of hydrogen-bond acceptors (Lipinski definition) is 12. The van der Waals surface area contributed by atoms with E-state index in [4.69, 9.17) is 29.7 Å². The molecule has 0 bridgehead atoms. The number of aryl methyl sites for hydroxylation is 1. The Morgan fingerprint density at radius 3 is 2.72 bits per heavy atom. The number of hydrogen-bond donors (Lipinski definition) is 1. The highest BCUT2D eigenvalue weighted by molar-refractivity contribution is 9.10. The number of carbonyl (C=O) groups is 2. The number of esters is 1. The molecule has 0 aliphatic carbocycles. The first-order valence-electron chi connectivity index (χ1n) is 14.3. The standard InChI is InChI=1S/C28H34BrN7O6S/c1-16(42-27(38)21-13-34(2)9-10-39-21)26(37)35-6-3-17(4-7-35)5-8-36-25-23(24(30)31-14-32-25)33-28(36)43-22-12-20-19(11-18(22)29)40-15-41-20/h11-12,14,16-17,21H,3-10,13,15H2,1-2H3,(H2,30,31,32)/t16?,21-/m0/s1. The molecule has 0 radical (unpaired) electrons. The van der Waals surface area contributed by atoms with Gasteiger partial charge in [-0.3, -0.25) is 4.79 Å². The number of likely N-dealkylation sites (tertiary alicyclic amines) is 1. The minimum Gasteiger partial charge on any atom is -0.454 e. The topological polar surface area (TPSA) is 147 Å². The van der Waals surface area contributed by atoms with Gasteiger partial charge in [-0.15, -0.1) is 0 Å². The summed E-state index contributed by atoms with van der Waals surface area (Å²) in [5, 5.41) is 0.748. The molecule has 2 fully saturated rings. The predicted molar refractivity (Wildman–Crippen MR) is 161 cm³/mol. The molecular formula is C28H34BrN7O6S. The number of nitrogens with two attached hydrogens (primary N) is 1. The summed E-state index contributed by atoms with van der Waals surface area (Å²) in [5.74, 6) is 1.47. The molecule has 6 rings (SSSR count). The van der Waals surface area contributed by atoms with Crippen molar-refractivity contribution in [2.24, 2.45) is 5.92 Å². The molecule has 2 N–H and O–H groups in total. The van der Waals surface area contributed by atoms with Gasteiger partial charge in [-0.2, -0.15) is 0 Å². The molecule has 15 heteroatoms. The number of anilines is 1. The lowest BCUT2D eigenvalue weighted by molar-refractivity contribution is -0.172. The number of benzene rings is 1. The monoisotopic (exact) mass is 675 g/mol. The van der Waals surface area contributed by atoms with E-state index in [-0.39, 0.29) is 12.7 Å². The van der Waals surface area contributed by atoms with Gasteiger partial charge in [0.1, 0.15) is 6.33 Å². The highest BCUT2D eigenvalue weighted by atomic mass is 79.9. The van der Waals surface area contributed by atoms with Crippen molar-refractivity contribution in [3.63, 3.8) is 0 Å². The van der Waals surface area contributed by atoms with Gasteiger partial charge >= 0.3 is 5.97 Å². The van der Waals surface area contributed by atoms with Gasteiger partial charge in [-0.25, -0.2) is 19.7 Å². The van der Waals surface area contributed by atoms with Gasteiger partial charge in [-0.1, -0.05) is 11.8 Å². The van der Waals surface area contributed by atoms with Crippen molar-refractivity contribution in [1.29, 1.82) is 0 Å². The number of ether oxygens (including phenoxy) is 4. The van der Waals surface area contributed by atoms with Crippen molar-refractivity contribution in [2.45, 2.75) is 55.0 Å². The zero-order valence-corrected chi connectivity index (χ0v) is 26.4. The van der Waals surface area contributed by atoms with Crippen molar-refractivity contribution in [1.82, 2.24) is 29.3 Å². The molecule has 3 aliphatic heterocycles. The van der Waals surface area contributed by atoms with Crippen LogP contribution in [-0.2, 0) is 25.6 Å². The Hall–Kier alpha value is -3.14. The smallest absolute Gasteiger partial charge is 0.337 e. The number of amides is 1. The van der Waals surface area contributed by atoms with Crippen molar-refractivity contribution in [2.75, 3.05) is 52.4 Å². The van der Waals surface area contributed by atoms with E-state index in [1.807, 2.05) is 24.1 Å². The van der Waals surface area contributed by atoms with Crippen molar-refractivity contribution < 1.29 is 28.5 Å². The fraction of sp³-hybridized carbons (Fsp3) is 0.536. The molecule has 3 aromatic rings. The maximum Gasteiger partial charge on any atom is 0.337 e. The number of piperidine rings is 1. The number of nitrogens with zero attached hydrogens (tertiary/aromatic N) is 6. The molecule has 230 valence electrons. The molecule has 0 saturated carbocycles. The minimum atomic E-state index is -0.850. The average molecular weight is 677 g/mol. The average Bonchev–Trinajstić information content (AvgIpc) is 3.60. The number of halogens is 1. The molecular weight excluding hydrogens is 642 g/mol.